The van der Waals surface area contributed by atoms with E-state index in [0.29, 0.717) is 5.69 Å². The Kier molecular flexibility index (Phi) is 4.57. The predicted molar refractivity (Wildman–Crippen MR) is 76.4 cm³/mol. The Bertz CT molecular complexity index is 558. The molecule has 1 fully saturated rings. The van der Waals surface area contributed by atoms with E-state index in [0.717, 1.165) is 18.9 Å². The lowest BCUT2D eigenvalue weighted by molar-refractivity contribution is -0.114. The molecule has 114 valence electrons. The summed E-state index contributed by atoms with van der Waals surface area (Å²) < 4.78 is 13.8. The first-order valence-electron chi connectivity index (χ1n) is 6.89. The van der Waals surface area contributed by atoms with Gasteiger partial charge in [0.15, 0.2) is 0 Å². The summed E-state index contributed by atoms with van der Waals surface area (Å²) >= 11 is 0. The van der Waals surface area contributed by atoms with Crippen LogP contribution in [0, 0.1) is 11.7 Å². The third-order valence-electron chi connectivity index (χ3n) is 3.49. The number of likely N-dealkylation sites (N-methyl/N-ethyl adjacent to an activating group) is 1. The number of amides is 2. The molecule has 2 rings (SSSR count). The van der Waals surface area contributed by atoms with E-state index in [1.165, 1.54) is 31.0 Å². The number of rotatable bonds is 5. The number of halogens is 1. The van der Waals surface area contributed by atoms with Crippen LogP contribution in [0.4, 0.5) is 10.1 Å². The first-order chi connectivity index (χ1) is 9.88. The van der Waals surface area contributed by atoms with E-state index in [4.69, 9.17) is 0 Å². The maximum atomic E-state index is 13.8. The van der Waals surface area contributed by atoms with Gasteiger partial charge in [-0.15, -0.1) is 0 Å². The highest BCUT2D eigenvalue weighted by atomic mass is 19.1. The molecule has 1 atom stereocenters. The molecule has 0 heterocycles. The third kappa shape index (κ3) is 4.01. The molecule has 1 aliphatic carbocycles. The summed E-state index contributed by atoms with van der Waals surface area (Å²) in [6.45, 7) is 1.51. The summed E-state index contributed by atoms with van der Waals surface area (Å²) in [4.78, 5) is 24.6. The van der Waals surface area contributed by atoms with Crippen molar-refractivity contribution < 1.29 is 19.1 Å². The van der Waals surface area contributed by atoms with E-state index in [1.807, 2.05) is 0 Å². The summed E-state index contributed by atoms with van der Waals surface area (Å²) in [7, 11) is 1.53. The first-order valence-corrected chi connectivity index (χ1v) is 6.89. The molecule has 0 aliphatic heterocycles. The largest absolute Gasteiger partial charge is 0.391 e. The molecule has 2 N–H and O–H groups in total. The maximum absolute atomic E-state index is 13.8. The molecule has 0 aromatic heterocycles. The summed E-state index contributed by atoms with van der Waals surface area (Å²) in [5.41, 5.74) is 0.245. The summed E-state index contributed by atoms with van der Waals surface area (Å²) in [5.74, 6) is -1.21. The highest BCUT2D eigenvalue weighted by molar-refractivity contribution is 5.97. The standard InChI is InChI=1S/C15H19FN2O3/c1-9(19)17-11-5-6-13(16)12(7-11)15(21)18(2)8-14(20)10-3-4-10/h5-7,10,14,20H,3-4,8H2,1-2H3,(H,17,19). The summed E-state index contributed by atoms with van der Waals surface area (Å²) in [5, 5.41) is 12.4. The van der Waals surface area contributed by atoms with Gasteiger partial charge in [-0.05, 0) is 37.0 Å². The molecule has 0 saturated heterocycles. The second kappa shape index (κ2) is 6.22. The number of anilines is 1. The van der Waals surface area contributed by atoms with Crippen molar-refractivity contribution >= 4 is 17.5 Å². The molecule has 0 radical (unpaired) electrons. The molecule has 1 unspecified atom stereocenters. The molecule has 1 aliphatic rings. The third-order valence-corrected chi connectivity index (χ3v) is 3.49. The molecule has 0 bridgehead atoms. The van der Waals surface area contributed by atoms with Crippen molar-refractivity contribution in [2.75, 3.05) is 18.9 Å². The number of aliphatic hydroxyl groups is 1. The highest BCUT2D eigenvalue weighted by Crippen LogP contribution is 2.32. The van der Waals surface area contributed by atoms with Gasteiger partial charge < -0.3 is 15.3 Å². The first kappa shape index (κ1) is 15.4. The van der Waals surface area contributed by atoms with Gasteiger partial charge in [0.1, 0.15) is 5.82 Å². The molecule has 5 nitrogen and oxygen atoms in total. The van der Waals surface area contributed by atoms with Crippen LogP contribution in [0.25, 0.3) is 0 Å². The molecule has 21 heavy (non-hydrogen) atoms. The Balaban J connectivity index is 2.10. The van der Waals surface area contributed by atoms with E-state index in [-0.39, 0.29) is 23.9 Å². The maximum Gasteiger partial charge on any atom is 0.256 e. The number of hydrogen-bond donors (Lipinski definition) is 2. The zero-order valence-electron chi connectivity index (χ0n) is 12.1. The van der Waals surface area contributed by atoms with Crippen LogP contribution >= 0.6 is 0 Å². The average molecular weight is 294 g/mol. The van der Waals surface area contributed by atoms with Crippen LogP contribution in [-0.2, 0) is 4.79 Å². The summed E-state index contributed by atoms with van der Waals surface area (Å²) in [6.07, 6.45) is 1.37. The Hall–Kier alpha value is -1.95. The minimum Gasteiger partial charge on any atom is -0.391 e. The fraction of sp³-hybridized carbons (Fsp3) is 0.467. The smallest absolute Gasteiger partial charge is 0.256 e. The normalized spacial score (nSPS) is 15.4. The number of benzene rings is 1. The van der Waals surface area contributed by atoms with E-state index in [2.05, 4.69) is 5.32 Å². The van der Waals surface area contributed by atoms with Crippen LogP contribution in [0.15, 0.2) is 18.2 Å². The quantitative estimate of drug-likeness (QED) is 0.867. The SMILES string of the molecule is CC(=O)Nc1ccc(F)c(C(=O)N(C)CC(O)C2CC2)c1. The Morgan fingerprint density at radius 3 is 2.71 bits per heavy atom. The lowest BCUT2D eigenvalue weighted by Crippen LogP contribution is -2.35. The number of hydrogen-bond acceptors (Lipinski definition) is 3. The van der Waals surface area contributed by atoms with Gasteiger partial charge in [-0.3, -0.25) is 9.59 Å². The number of carbonyl (C=O) groups excluding carboxylic acids is 2. The molecule has 2 amide bonds. The molecule has 0 spiro atoms. The minimum atomic E-state index is -0.651. The van der Waals surface area contributed by atoms with E-state index < -0.39 is 17.8 Å². The van der Waals surface area contributed by atoms with Crippen molar-refractivity contribution in [2.45, 2.75) is 25.9 Å². The van der Waals surface area contributed by atoms with Gasteiger partial charge in [-0.2, -0.15) is 0 Å². The van der Waals surface area contributed by atoms with Crippen molar-refractivity contribution in [1.29, 1.82) is 0 Å². The van der Waals surface area contributed by atoms with Gasteiger partial charge in [0.2, 0.25) is 5.91 Å². The second-order valence-corrected chi connectivity index (χ2v) is 5.47. The number of nitrogens with zero attached hydrogens (tertiary/aromatic N) is 1. The molecule has 1 saturated carbocycles. The average Bonchev–Trinajstić information content (AvgIpc) is 3.23. The highest BCUT2D eigenvalue weighted by Gasteiger charge is 2.31. The zero-order chi connectivity index (χ0) is 15.6. The van der Waals surface area contributed by atoms with Gasteiger partial charge >= 0.3 is 0 Å². The predicted octanol–water partition coefficient (Wildman–Crippen LogP) is 1.63. The van der Waals surface area contributed by atoms with Crippen LogP contribution in [0.5, 0.6) is 0 Å². The number of nitrogens with one attached hydrogen (secondary N) is 1. The van der Waals surface area contributed by atoms with Crippen molar-refractivity contribution in [2.24, 2.45) is 5.92 Å². The number of carbonyl (C=O) groups is 2. The van der Waals surface area contributed by atoms with Gasteiger partial charge in [-0.25, -0.2) is 4.39 Å². The van der Waals surface area contributed by atoms with Crippen LogP contribution in [-0.4, -0.2) is 41.5 Å². The minimum absolute atomic E-state index is 0.119. The Morgan fingerprint density at radius 1 is 1.48 bits per heavy atom. The molecule has 1 aromatic rings. The van der Waals surface area contributed by atoms with Gasteiger partial charge in [0.25, 0.3) is 5.91 Å². The van der Waals surface area contributed by atoms with Crippen molar-refractivity contribution in [3.63, 3.8) is 0 Å². The van der Waals surface area contributed by atoms with Crippen LogP contribution in [0.2, 0.25) is 0 Å². The van der Waals surface area contributed by atoms with E-state index in [9.17, 15) is 19.1 Å². The van der Waals surface area contributed by atoms with Crippen LogP contribution in [0.1, 0.15) is 30.1 Å². The zero-order valence-corrected chi connectivity index (χ0v) is 12.1. The summed E-state index contributed by atoms with van der Waals surface area (Å²) in [6, 6.07) is 3.84. The molecular weight excluding hydrogens is 275 g/mol. The van der Waals surface area contributed by atoms with Crippen molar-refractivity contribution in [1.82, 2.24) is 4.90 Å². The monoisotopic (exact) mass is 294 g/mol. The fourth-order valence-corrected chi connectivity index (χ4v) is 2.17. The topological polar surface area (TPSA) is 69.6 Å². The van der Waals surface area contributed by atoms with E-state index >= 15 is 0 Å². The van der Waals surface area contributed by atoms with Crippen molar-refractivity contribution in [3.8, 4) is 0 Å². The Morgan fingerprint density at radius 2 is 2.14 bits per heavy atom. The molecule has 6 heteroatoms. The molecule has 1 aromatic carbocycles. The molecular formula is C15H19FN2O3. The lowest BCUT2D eigenvalue weighted by Gasteiger charge is -2.21. The number of aliphatic hydroxyl groups excluding tert-OH is 1. The fourth-order valence-electron chi connectivity index (χ4n) is 2.17. The Labute approximate surface area is 122 Å². The van der Waals surface area contributed by atoms with Gasteiger partial charge in [0, 0.05) is 26.2 Å². The van der Waals surface area contributed by atoms with Gasteiger partial charge in [0.05, 0.1) is 11.7 Å². The second-order valence-electron chi connectivity index (χ2n) is 5.47. The van der Waals surface area contributed by atoms with Crippen LogP contribution in [0.3, 0.4) is 0 Å². The van der Waals surface area contributed by atoms with Crippen LogP contribution < -0.4 is 5.32 Å². The van der Waals surface area contributed by atoms with Gasteiger partial charge in [-0.1, -0.05) is 0 Å². The van der Waals surface area contributed by atoms with Crippen molar-refractivity contribution in [3.05, 3.63) is 29.6 Å². The lowest BCUT2D eigenvalue weighted by atomic mass is 10.1. The van der Waals surface area contributed by atoms with E-state index in [1.54, 1.807) is 0 Å².